The van der Waals surface area contributed by atoms with Gasteiger partial charge in [-0.3, -0.25) is 10.3 Å². The largest absolute Gasteiger partial charge is 0.756 e. The highest BCUT2D eigenvalue weighted by molar-refractivity contribution is 7.43. The molecule has 0 aliphatic carbocycles. The normalized spacial score (nSPS) is 10.1. The average Bonchev–Trinajstić information content (AvgIpc) is 2.01. The lowest BCUT2D eigenvalue weighted by atomic mass is 10.4. The van der Waals surface area contributed by atoms with Gasteiger partial charge in [0.1, 0.15) is 6.20 Å². The zero-order chi connectivity index (χ0) is 12.1. The number of H-pyrrole nitrogens is 1. The number of carboxylic acid groups (broad SMARTS) is 1. The highest BCUT2D eigenvalue weighted by Crippen LogP contribution is 2.18. The van der Waals surface area contributed by atoms with Gasteiger partial charge in [0.15, 0.2) is 0 Å². The van der Waals surface area contributed by atoms with E-state index in [9.17, 15) is 4.79 Å². The van der Waals surface area contributed by atoms with Gasteiger partial charge < -0.3 is 19.8 Å². The van der Waals surface area contributed by atoms with Crippen molar-refractivity contribution in [1.29, 1.82) is 0 Å². The number of nitrogens with two attached hydrogens (primary N) is 1. The Balaban J connectivity index is 0.000000336. The second-order valence-corrected chi connectivity index (χ2v) is 3.13. The topological polar surface area (TPSA) is 171 Å². The van der Waals surface area contributed by atoms with Crippen LogP contribution in [0.1, 0.15) is 10.5 Å². The van der Waals surface area contributed by atoms with Crippen molar-refractivity contribution in [2.24, 2.45) is 0 Å². The number of hydrogen-bond acceptors (Lipinski definition) is 5. The molecule has 0 aliphatic heterocycles. The van der Waals surface area contributed by atoms with Gasteiger partial charge in [-0.25, -0.2) is 14.8 Å². The Morgan fingerprint density at radius 1 is 1.60 bits per heavy atom. The lowest BCUT2D eigenvalue weighted by Crippen LogP contribution is -2.16. The van der Waals surface area contributed by atoms with E-state index in [1.54, 1.807) is 0 Å². The van der Waals surface area contributed by atoms with Crippen LogP contribution in [-0.4, -0.2) is 25.8 Å². The van der Waals surface area contributed by atoms with Gasteiger partial charge in [0, 0.05) is 0 Å². The van der Waals surface area contributed by atoms with E-state index in [2.05, 4.69) is 9.97 Å². The number of nitrogen functional groups attached to an aromatic ring is 1. The molecule has 0 radical (unpaired) electrons. The Labute approximate surface area is 83.5 Å². The van der Waals surface area contributed by atoms with Crippen LogP contribution < -0.4 is 15.6 Å². The number of phosphoric acid groups is 1. The minimum Gasteiger partial charge on any atom is -0.756 e. The van der Waals surface area contributed by atoms with Crippen molar-refractivity contribution in [3.05, 3.63) is 18.1 Å². The number of carbonyl (C=O) groups is 1. The molecule has 0 fully saturated rings. The maximum absolute atomic E-state index is 10.3. The molecule has 0 amide bonds. The lowest BCUT2D eigenvalue weighted by molar-refractivity contribution is -0.361. The number of aromatic nitrogens is 2. The average molecular weight is 237 g/mol. The second-order valence-electron chi connectivity index (χ2n) is 2.15. The first kappa shape index (κ1) is 13.5. The predicted octanol–water partition coefficient (Wildman–Crippen LogP) is -2.38. The summed E-state index contributed by atoms with van der Waals surface area (Å²) < 4.78 is 8.77. The SMILES string of the molecule is Nc1[nH+]ccnc1C(=O)O.O=P([O-])(O)O. The molecule has 0 atom stereocenters. The molecule has 10 heteroatoms. The van der Waals surface area contributed by atoms with E-state index >= 15 is 0 Å². The van der Waals surface area contributed by atoms with Crippen LogP contribution in [0.2, 0.25) is 0 Å². The summed E-state index contributed by atoms with van der Waals surface area (Å²) in [6.07, 6.45) is 2.79. The third kappa shape index (κ3) is 7.52. The fraction of sp³-hybridized carbons (Fsp3) is 0. The number of nitrogens with zero attached hydrogens (tertiary/aromatic N) is 1. The minimum atomic E-state index is -4.89. The molecule has 1 rings (SSSR count). The van der Waals surface area contributed by atoms with Gasteiger partial charge >= 0.3 is 11.8 Å². The first-order valence-electron chi connectivity index (χ1n) is 3.34. The van der Waals surface area contributed by atoms with E-state index in [0.717, 1.165) is 0 Å². The molecule has 0 spiro atoms. The molecule has 15 heavy (non-hydrogen) atoms. The smallest absolute Gasteiger partial charge is 0.363 e. The number of aromatic amines is 1. The first-order valence-corrected chi connectivity index (χ1v) is 4.87. The number of rotatable bonds is 1. The fourth-order valence-electron chi connectivity index (χ4n) is 0.547. The van der Waals surface area contributed by atoms with Crippen molar-refractivity contribution in [2.75, 3.05) is 5.73 Å². The van der Waals surface area contributed by atoms with Crippen LogP contribution in [0.5, 0.6) is 0 Å². The van der Waals surface area contributed by atoms with Crippen LogP contribution in [0.3, 0.4) is 0 Å². The van der Waals surface area contributed by atoms with Crippen LogP contribution in [0.15, 0.2) is 12.4 Å². The molecular weight excluding hydrogens is 229 g/mol. The summed E-state index contributed by atoms with van der Waals surface area (Å²) in [7, 11) is -4.89. The molecule has 0 unspecified atom stereocenters. The molecular formula is C5H8N3O6P. The van der Waals surface area contributed by atoms with Crippen molar-refractivity contribution >= 4 is 19.6 Å². The van der Waals surface area contributed by atoms with Crippen LogP contribution in [0, 0.1) is 0 Å². The monoisotopic (exact) mass is 237 g/mol. The van der Waals surface area contributed by atoms with Gasteiger partial charge in [0.05, 0.1) is 6.20 Å². The standard InChI is InChI=1S/C5H5N3O2.H3O4P/c6-4-3(5(9)10)7-1-2-8-4;1-5(2,3)4/h1-2H,(H2,6,8)(H,9,10);(H3,1,2,3,4). The summed E-state index contributed by atoms with van der Waals surface area (Å²) in [6.45, 7) is 0. The fourth-order valence-corrected chi connectivity index (χ4v) is 0.547. The Kier molecular flexibility index (Phi) is 4.82. The van der Waals surface area contributed by atoms with E-state index in [1.165, 1.54) is 12.4 Å². The molecule has 0 bridgehead atoms. The van der Waals surface area contributed by atoms with Crippen molar-refractivity contribution in [1.82, 2.24) is 4.98 Å². The van der Waals surface area contributed by atoms with E-state index in [4.69, 9.17) is 30.1 Å². The number of carboxylic acids is 1. The zero-order valence-electron chi connectivity index (χ0n) is 7.19. The van der Waals surface area contributed by atoms with Crippen LogP contribution in [-0.2, 0) is 4.57 Å². The molecule has 6 N–H and O–H groups in total. The third-order valence-corrected chi connectivity index (χ3v) is 0.975. The zero-order valence-corrected chi connectivity index (χ0v) is 8.09. The summed E-state index contributed by atoms with van der Waals surface area (Å²) >= 11 is 0. The molecule has 84 valence electrons. The van der Waals surface area contributed by atoms with Crippen molar-refractivity contribution in [2.45, 2.75) is 0 Å². The molecule has 0 aliphatic rings. The van der Waals surface area contributed by atoms with Crippen molar-refractivity contribution in [3.8, 4) is 0 Å². The maximum Gasteiger partial charge on any atom is 0.363 e. The number of anilines is 1. The van der Waals surface area contributed by atoms with Crippen LogP contribution in [0.4, 0.5) is 5.82 Å². The third-order valence-electron chi connectivity index (χ3n) is 0.975. The van der Waals surface area contributed by atoms with E-state index in [0.29, 0.717) is 0 Å². The summed E-state index contributed by atoms with van der Waals surface area (Å²) in [5.41, 5.74) is 5.07. The number of nitrogens with one attached hydrogen (secondary N) is 1. The Hall–Kier alpha value is -1.54. The van der Waals surface area contributed by atoms with Gasteiger partial charge in [-0.1, -0.05) is 0 Å². The van der Waals surface area contributed by atoms with Crippen molar-refractivity contribution in [3.63, 3.8) is 0 Å². The number of hydrogen-bond donors (Lipinski definition) is 4. The minimum absolute atomic E-state index is 0.0648. The Morgan fingerprint density at radius 2 is 2.07 bits per heavy atom. The Bertz CT molecular complexity index is 382. The lowest BCUT2D eigenvalue weighted by Gasteiger charge is -2.01. The van der Waals surface area contributed by atoms with Gasteiger partial charge in [-0.15, -0.1) is 0 Å². The van der Waals surface area contributed by atoms with Crippen LogP contribution in [0.25, 0.3) is 0 Å². The molecule has 1 aromatic rings. The summed E-state index contributed by atoms with van der Waals surface area (Å²) in [5, 5.41) is 8.40. The molecule has 1 heterocycles. The summed E-state index contributed by atoms with van der Waals surface area (Å²) in [5.74, 6) is -1.07. The van der Waals surface area contributed by atoms with Gasteiger partial charge in [0.25, 0.3) is 7.82 Å². The van der Waals surface area contributed by atoms with E-state index in [1.807, 2.05) is 0 Å². The molecule has 9 nitrogen and oxygen atoms in total. The van der Waals surface area contributed by atoms with Crippen molar-refractivity contribution < 1.29 is 34.1 Å². The molecule has 0 saturated carbocycles. The second kappa shape index (κ2) is 5.37. The van der Waals surface area contributed by atoms with Gasteiger partial charge in [-0.05, 0) is 0 Å². The highest BCUT2D eigenvalue weighted by atomic mass is 31.2. The molecule has 0 aromatic carbocycles. The quantitative estimate of drug-likeness (QED) is 0.392. The maximum atomic E-state index is 10.3. The van der Waals surface area contributed by atoms with Gasteiger partial charge in [0.2, 0.25) is 5.69 Å². The van der Waals surface area contributed by atoms with Crippen LogP contribution >= 0.6 is 7.82 Å². The predicted molar refractivity (Wildman–Crippen MR) is 44.2 cm³/mol. The summed E-state index contributed by atoms with van der Waals surface area (Å²) in [4.78, 5) is 39.2. The molecule has 1 aromatic heterocycles. The van der Waals surface area contributed by atoms with Gasteiger partial charge in [-0.2, -0.15) is 0 Å². The summed E-state index contributed by atoms with van der Waals surface area (Å²) in [6, 6.07) is 0. The van der Waals surface area contributed by atoms with E-state index < -0.39 is 13.8 Å². The highest BCUT2D eigenvalue weighted by Gasteiger charge is 2.12. The Morgan fingerprint density at radius 3 is 2.33 bits per heavy atom. The first-order chi connectivity index (χ1) is 6.72. The van der Waals surface area contributed by atoms with E-state index in [-0.39, 0.29) is 11.5 Å². The molecule has 0 saturated heterocycles. The number of aromatic carboxylic acids is 1.